The highest BCUT2D eigenvalue weighted by Crippen LogP contribution is 2.17. The Balaban J connectivity index is 2.50. The van der Waals surface area contributed by atoms with Crippen LogP contribution in [0.5, 0.6) is 5.75 Å². The number of nitrogens with two attached hydrogens (primary N) is 1. The Morgan fingerprint density at radius 3 is 2.94 bits per heavy atom. The van der Waals surface area contributed by atoms with E-state index < -0.39 is 0 Å². The van der Waals surface area contributed by atoms with Gasteiger partial charge in [-0.1, -0.05) is 6.07 Å². The Hall–Kier alpha value is -1.59. The number of carbonyl (C=O) groups excluding carboxylic acids is 1. The lowest BCUT2D eigenvalue weighted by Crippen LogP contribution is -2.16. The average molecular weight is 238 g/mol. The standard InChI is InChI=1S/C12H18N2O3/c1-16-7-8-17-11-4-2-3-10(9-11)14-12(15)5-6-13/h2-4,9H,5-8,13H2,1H3,(H,14,15). The van der Waals surface area contributed by atoms with E-state index in [2.05, 4.69) is 5.32 Å². The fourth-order valence-corrected chi connectivity index (χ4v) is 1.26. The summed E-state index contributed by atoms with van der Waals surface area (Å²) in [5.41, 5.74) is 6.00. The van der Waals surface area contributed by atoms with Crippen LogP contribution in [-0.4, -0.2) is 32.8 Å². The number of rotatable bonds is 7. The van der Waals surface area contributed by atoms with Crippen LogP contribution < -0.4 is 15.8 Å². The molecule has 0 radical (unpaired) electrons. The van der Waals surface area contributed by atoms with Gasteiger partial charge in [0.2, 0.25) is 5.91 Å². The van der Waals surface area contributed by atoms with Crippen LogP contribution in [-0.2, 0) is 9.53 Å². The number of amides is 1. The summed E-state index contributed by atoms with van der Waals surface area (Å²) in [5, 5.41) is 2.74. The first kappa shape index (κ1) is 13.5. The van der Waals surface area contributed by atoms with Crippen molar-refractivity contribution < 1.29 is 14.3 Å². The van der Waals surface area contributed by atoms with Crippen molar-refractivity contribution in [2.45, 2.75) is 6.42 Å². The van der Waals surface area contributed by atoms with E-state index >= 15 is 0 Å². The Kier molecular flexibility index (Phi) is 6.06. The lowest BCUT2D eigenvalue weighted by molar-refractivity contribution is -0.116. The fraction of sp³-hybridized carbons (Fsp3) is 0.417. The predicted octanol–water partition coefficient (Wildman–Crippen LogP) is 0.999. The van der Waals surface area contributed by atoms with Crippen molar-refractivity contribution in [3.05, 3.63) is 24.3 Å². The maximum atomic E-state index is 11.3. The highest BCUT2D eigenvalue weighted by Gasteiger charge is 2.02. The van der Waals surface area contributed by atoms with E-state index in [1.807, 2.05) is 12.1 Å². The molecule has 1 aromatic carbocycles. The molecular weight excluding hydrogens is 220 g/mol. The molecule has 0 spiro atoms. The summed E-state index contributed by atoms with van der Waals surface area (Å²) in [7, 11) is 1.62. The third-order valence-corrected chi connectivity index (χ3v) is 2.05. The number of anilines is 1. The maximum absolute atomic E-state index is 11.3. The van der Waals surface area contributed by atoms with Gasteiger partial charge >= 0.3 is 0 Å². The van der Waals surface area contributed by atoms with Crippen LogP contribution in [0.25, 0.3) is 0 Å². The first-order chi connectivity index (χ1) is 8.26. The number of nitrogens with one attached hydrogen (secondary N) is 1. The summed E-state index contributed by atoms with van der Waals surface area (Å²) in [5.74, 6) is 0.606. The van der Waals surface area contributed by atoms with Crippen LogP contribution in [0.1, 0.15) is 6.42 Å². The monoisotopic (exact) mass is 238 g/mol. The van der Waals surface area contributed by atoms with E-state index in [9.17, 15) is 4.79 Å². The topological polar surface area (TPSA) is 73.6 Å². The second kappa shape index (κ2) is 7.65. The quantitative estimate of drug-likeness (QED) is 0.695. The van der Waals surface area contributed by atoms with E-state index in [1.165, 1.54) is 0 Å². The first-order valence-electron chi connectivity index (χ1n) is 5.48. The van der Waals surface area contributed by atoms with Gasteiger partial charge in [0.05, 0.1) is 6.61 Å². The maximum Gasteiger partial charge on any atom is 0.225 e. The summed E-state index contributed by atoms with van der Waals surface area (Å²) >= 11 is 0. The number of benzene rings is 1. The Labute approximate surface area is 101 Å². The number of carbonyl (C=O) groups is 1. The molecule has 0 unspecified atom stereocenters. The summed E-state index contributed by atoms with van der Waals surface area (Å²) in [6.07, 6.45) is 0.314. The van der Waals surface area contributed by atoms with Gasteiger partial charge in [0.15, 0.2) is 0 Å². The van der Waals surface area contributed by atoms with Gasteiger partial charge in [-0.25, -0.2) is 0 Å². The van der Waals surface area contributed by atoms with E-state index in [4.69, 9.17) is 15.2 Å². The van der Waals surface area contributed by atoms with E-state index in [0.717, 1.165) is 0 Å². The largest absolute Gasteiger partial charge is 0.491 e. The van der Waals surface area contributed by atoms with Crippen LogP contribution in [0.2, 0.25) is 0 Å². The van der Waals surface area contributed by atoms with Crippen molar-refractivity contribution in [2.24, 2.45) is 5.73 Å². The molecule has 3 N–H and O–H groups in total. The zero-order valence-corrected chi connectivity index (χ0v) is 9.94. The normalized spacial score (nSPS) is 10.0. The summed E-state index contributed by atoms with van der Waals surface area (Å²) in [4.78, 5) is 11.3. The Morgan fingerprint density at radius 2 is 2.24 bits per heavy atom. The third-order valence-electron chi connectivity index (χ3n) is 2.05. The molecule has 1 aromatic rings. The molecule has 0 fully saturated rings. The number of hydrogen-bond donors (Lipinski definition) is 2. The fourth-order valence-electron chi connectivity index (χ4n) is 1.26. The van der Waals surface area contributed by atoms with Crippen LogP contribution in [0.3, 0.4) is 0 Å². The summed E-state index contributed by atoms with van der Waals surface area (Å²) in [6, 6.07) is 7.22. The predicted molar refractivity (Wildman–Crippen MR) is 66.1 cm³/mol. The van der Waals surface area contributed by atoms with Gasteiger partial charge in [0, 0.05) is 31.8 Å². The SMILES string of the molecule is COCCOc1cccc(NC(=O)CCN)c1. The summed E-state index contributed by atoms with van der Waals surface area (Å²) in [6.45, 7) is 1.36. The first-order valence-corrected chi connectivity index (χ1v) is 5.48. The van der Waals surface area contributed by atoms with Gasteiger partial charge in [-0.15, -0.1) is 0 Å². The van der Waals surface area contributed by atoms with Crippen LogP contribution in [0, 0.1) is 0 Å². The van der Waals surface area contributed by atoms with Gasteiger partial charge in [0.1, 0.15) is 12.4 Å². The van der Waals surface area contributed by atoms with Crippen LogP contribution in [0.4, 0.5) is 5.69 Å². The molecule has 0 aliphatic rings. The molecule has 0 saturated carbocycles. The molecule has 5 heteroatoms. The zero-order chi connectivity index (χ0) is 12.5. The number of hydrogen-bond acceptors (Lipinski definition) is 4. The second-order valence-electron chi connectivity index (χ2n) is 3.46. The van der Waals surface area contributed by atoms with E-state index in [0.29, 0.717) is 37.6 Å². The molecule has 0 aromatic heterocycles. The van der Waals surface area contributed by atoms with E-state index in [1.54, 1.807) is 19.2 Å². The molecule has 0 aliphatic heterocycles. The molecular formula is C12H18N2O3. The molecule has 0 bridgehead atoms. The van der Waals surface area contributed by atoms with E-state index in [-0.39, 0.29) is 5.91 Å². The molecule has 0 heterocycles. The molecule has 5 nitrogen and oxygen atoms in total. The van der Waals surface area contributed by atoms with Crippen molar-refractivity contribution in [3.8, 4) is 5.75 Å². The Morgan fingerprint density at radius 1 is 1.41 bits per heavy atom. The molecule has 1 rings (SSSR count). The van der Waals surface area contributed by atoms with Crippen LogP contribution in [0.15, 0.2) is 24.3 Å². The molecule has 0 atom stereocenters. The lowest BCUT2D eigenvalue weighted by Gasteiger charge is -2.08. The highest BCUT2D eigenvalue weighted by atomic mass is 16.5. The Bertz CT molecular complexity index is 355. The molecule has 94 valence electrons. The second-order valence-corrected chi connectivity index (χ2v) is 3.46. The minimum Gasteiger partial charge on any atom is -0.491 e. The highest BCUT2D eigenvalue weighted by molar-refractivity contribution is 5.90. The van der Waals surface area contributed by atoms with Crippen LogP contribution >= 0.6 is 0 Å². The third kappa shape index (κ3) is 5.33. The van der Waals surface area contributed by atoms with Crippen molar-refractivity contribution in [3.63, 3.8) is 0 Å². The zero-order valence-electron chi connectivity index (χ0n) is 9.94. The number of methoxy groups -OCH3 is 1. The van der Waals surface area contributed by atoms with Crippen molar-refractivity contribution in [1.82, 2.24) is 0 Å². The van der Waals surface area contributed by atoms with Crippen molar-refractivity contribution in [1.29, 1.82) is 0 Å². The van der Waals surface area contributed by atoms with Gasteiger partial charge in [-0.05, 0) is 12.1 Å². The lowest BCUT2D eigenvalue weighted by atomic mass is 10.3. The molecule has 17 heavy (non-hydrogen) atoms. The van der Waals surface area contributed by atoms with Crippen molar-refractivity contribution >= 4 is 11.6 Å². The average Bonchev–Trinajstić information content (AvgIpc) is 2.30. The number of ether oxygens (including phenoxy) is 2. The minimum absolute atomic E-state index is 0.0958. The molecule has 1 amide bonds. The molecule has 0 aliphatic carbocycles. The van der Waals surface area contributed by atoms with Gasteiger partial charge < -0.3 is 20.5 Å². The molecule has 0 saturated heterocycles. The summed E-state index contributed by atoms with van der Waals surface area (Å²) < 4.78 is 10.3. The van der Waals surface area contributed by atoms with Gasteiger partial charge in [0.25, 0.3) is 0 Å². The van der Waals surface area contributed by atoms with Crippen molar-refractivity contribution in [2.75, 3.05) is 32.2 Å². The van der Waals surface area contributed by atoms with Gasteiger partial charge in [-0.3, -0.25) is 4.79 Å². The van der Waals surface area contributed by atoms with Gasteiger partial charge in [-0.2, -0.15) is 0 Å². The minimum atomic E-state index is -0.0958. The smallest absolute Gasteiger partial charge is 0.225 e.